The molecule has 0 spiro atoms. The number of hydrogen-bond donors (Lipinski definition) is 0. The minimum absolute atomic E-state index is 0.165. The van der Waals surface area contributed by atoms with E-state index in [1.807, 2.05) is 48.5 Å². The van der Waals surface area contributed by atoms with Crippen molar-refractivity contribution >= 4 is 22.6 Å². The molecule has 0 heterocycles. The molecule has 4 rings (SSSR count). The maximum absolute atomic E-state index is 12.5. The maximum atomic E-state index is 12.5. The van der Waals surface area contributed by atoms with Crippen LogP contribution in [0.2, 0.25) is 0 Å². The van der Waals surface area contributed by atoms with Crippen molar-refractivity contribution < 1.29 is 4.79 Å². The van der Waals surface area contributed by atoms with Crippen LogP contribution < -0.4 is 0 Å². The van der Waals surface area contributed by atoms with E-state index in [0.29, 0.717) is 0 Å². The summed E-state index contributed by atoms with van der Waals surface area (Å²) in [5.74, 6) is 0.165. The molecule has 100 valence electrons. The van der Waals surface area contributed by atoms with Crippen molar-refractivity contribution in [3.8, 4) is 0 Å². The summed E-state index contributed by atoms with van der Waals surface area (Å²) in [7, 11) is 0. The normalized spacial score (nSPS) is 15.6. The van der Waals surface area contributed by atoms with Crippen LogP contribution in [-0.4, -0.2) is 5.78 Å². The lowest BCUT2D eigenvalue weighted by atomic mass is 10.0. The number of hydrogen-bond acceptors (Lipinski definition) is 1. The molecule has 1 aliphatic carbocycles. The third-order valence-electron chi connectivity index (χ3n) is 4.09. The van der Waals surface area contributed by atoms with Gasteiger partial charge in [0.05, 0.1) is 0 Å². The first kappa shape index (κ1) is 12.1. The van der Waals surface area contributed by atoms with Gasteiger partial charge in [-0.3, -0.25) is 4.79 Å². The van der Waals surface area contributed by atoms with Gasteiger partial charge in [-0.15, -0.1) is 0 Å². The molecule has 0 radical (unpaired) electrons. The summed E-state index contributed by atoms with van der Waals surface area (Å²) >= 11 is 0. The fourth-order valence-corrected chi connectivity index (χ4v) is 3.04. The molecular weight excluding hydrogens is 256 g/mol. The van der Waals surface area contributed by atoms with Gasteiger partial charge < -0.3 is 0 Å². The second-order valence-corrected chi connectivity index (χ2v) is 5.40. The lowest BCUT2D eigenvalue weighted by Crippen LogP contribution is -1.95. The molecule has 3 aromatic carbocycles. The Bertz CT molecular complexity index is 882. The molecular formula is C20H14O. The van der Waals surface area contributed by atoms with Crippen LogP contribution in [0.5, 0.6) is 0 Å². The van der Waals surface area contributed by atoms with Gasteiger partial charge in [0.1, 0.15) is 0 Å². The monoisotopic (exact) mass is 270 g/mol. The molecule has 0 aromatic heterocycles. The Labute approximate surface area is 123 Å². The van der Waals surface area contributed by atoms with Crippen molar-refractivity contribution in [3.63, 3.8) is 0 Å². The quantitative estimate of drug-likeness (QED) is 0.588. The predicted octanol–water partition coefficient (Wildman–Crippen LogP) is 4.66. The van der Waals surface area contributed by atoms with E-state index in [1.165, 1.54) is 10.8 Å². The molecule has 1 aliphatic rings. The fourth-order valence-electron chi connectivity index (χ4n) is 3.04. The zero-order valence-electron chi connectivity index (χ0n) is 11.5. The Hall–Kier alpha value is -2.67. The number of benzene rings is 3. The lowest BCUT2D eigenvalue weighted by Gasteiger charge is -2.03. The Morgan fingerprint density at radius 1 is 0.810 bits per heavy atom. The first-order valence-electron chi connectivity index (χ1n) is 7.14. The lowest BCUT2D eigenvalue weighted by molar-refractivity contribution is 0.104. The average molecular weight is 270 g/mol. The van der Waals surface area contributed by atoms with Gasteiger partial charge in [-0.05, 0) is 28.0 Å². The SMILES string of the molecule is O=C1/C(=C/c2cccc3ccccc23)Cc2ccccc21. The molecule has 1 heteroatoms. The molecule has 0 saturated carbocycles. The predicted molar refractivity (Wildman–Crippen MR) is 86.4 cm³/mol. The standard InChI is InChI=1S/C20H14O/c21-20-17(13-16-7-2-4-11-19(16)20)12-15-9-5-8-14-6-1-3-10-18(14)15/h1-12H,13H2/b17-12+. The van der Waals surface area contributed by atoms with Gasteiger partial charge in [-0.25, -0.2) is 0 Å². The second-order valence-electron chi connectivity index (χ2n) is 5.40. The zero-order chi connectivity index (χ0) is 14.2. The average Bonchev–Trinajstić information content (AvgIpc) is 2.85. The van der Waals surface area contributed by atoms with Crippen molar-refractivity contribution in [2.75, 3.05) is 0 Å². The first-order valence-corrected chi connectivity index (χ1v) is 7.14. The third-order valence-corrected chi connectivity index (χ3v) is 4.09. The summed E-state index contributed by atoms with van der Waals surface area (Å²) in [4.78, 5) is 12.5. The number of rotatable bonds is 1. The summed E-state index contributed by atoms with van der Waals surface area (Å²) in [6, 6.07) is 22.4. The van der Waals surface area contributed by atoms with Crippen LogP contribution in [0.3, 0.4) is 0 Å². The zero-order valence-corrected chi connectivity index (χ0v) is 11.5. The Morgan fingerprint density at radius 3 is 2.48 bits per heavy atom. The van der Waals surface area contributed by atoms with Gasteiger partial charge in [0.15, 0.2) is 5.78 Å². The van der Waals surface area contributed by atoms with Crippen LogP contribution in [0.1, 0.15) is 21.5 Å². The van der Waals surface area contributed by atoms with E-state index in [1.54, 1.807) is 0 Å². The number of ketones is 1. The largest absolute Gasteiger partial charge is 0.289 e. The van der Waals surface area contributed by atoms with Gasteiger partial charge in [0.2, 0.25) is 0 Å². The van der Waals surface area contributed by atoms with Gasteiger partial charge in [-0.1, -0.05) is 66.7 Å². The van der Waals surface area contributed by atoms with E-state index in [4.69, 9.17) is 0 Å². The number of allylic oxidation sites excluding steroid dienone is 1. The van der Waals surface area contributed by atoms with Gasteiger partial charge in [0, 0.05) is 17.6 Å². The Kier molecular flexibility index (Phi) is 2.71. The third kappa shape index (κ3) is 1.98. The van der Waals surface area contributed by atoms with Gasteiger partial charge in [0.25, 0.3) is 0 Å². The number of carbonyl (C=O) groups excluding carboxylic acids is 1. The topological polar surface area (TPSA) is 17.1 Å². The summed E-state index contributed by atoms with van der Waals surface area (Å²) in [5, 5.41) is 2.39. The highest BCUT2D eigenvalue weighted by Gasteiger charge is 2.23. The van der Waals surface area contributed by atoms with E-state index >= 15 is 0 Å². The molecule has 0 aliphatic heterocycles. The molecule has 0 N–H and O–H groups in total. The van der Waals surface area contributed by atoms with E-state index in [-0.39, 0.29) is 5.78 Å². The Balaban J connectivity index is 1.84. The van der Waals surface area contributed by atoms with E-state index in [0.717, 1.165) is 28.7 Å². The Morgan fingerprint density at radius 2 is 1.57 bits per heavy atom. The summed E-state index contributed by atoms with van der Waals surface area (Å²) < 4.78 is 0. The summed E-state index contributed by atoms with van der Waals surface area (Å²) in [6.45, 7) is 0. The van der Waals surface area contributed by atoms with Crippen molar-refractivity contribution in [3.05, 3.63) is 89.0 Å². The smallest absolute Gasteiger partial charge is 0.189 e. The summed E-state index contributed by atoms with van der Waals surface area (Å²) in [5.41, 5.74) is 3.98. The minimum atomic E-state index is 0.165. The first-order chi connectivity index (χ1) is 10.3. The molecule has 3 aromatic rings. The van der Waals surface area contributed by atoms with Crippen LogP contribution in [-0.2, 0) is 6.42 Å². The fraction of sp³-hybridized carbons (Fsp3) is 0.0500. The minimum Gasteiger partial charge on any atom is -0.289 e. The molecule has 0 saturated heterocycles. The van der Waals surface area contributed by atoms with Gasteiger partial charge >= 0.3 is 0 Å². The maximum Gasteiger partial charge on any atom is 0.189 e. The molecule has 0 atom stereocenters. The highest BCUT2D eigenvalue weighted by molar-refractivity contribution is 6.16. The van der Waals surface area contributed by atoms with Crippen molar-refractivity contribution in [2.45, 2.75) is 6.42 Å². The van der Waals surface area contributed by atoms with Crippen LogP contribution in [0.25, 0.3) is 16.8 Å². The highest BCUT2D eigenvalue weighted by atomic mass is 16.1. The van der Waals surface area contributed by atoms with Gasteiger partial charge in [-0.2, -0.15) is 0 Å². The number of carbonyl (C=O) groups is 1. The van der Waals surface area contributed by atoms with E-state index in [9.17, 15) is 4.79 Å². The van der Waals surface area contributed by atoms with Crippen LogP contribution in [0.4, 0.5) is 0 Å². The van der Waals surface area contributed by atoms with Crippen LogP contribution in [0, 0.1) is 0 Å². The molecule has 0 bridgehead atoms. The van der Waals surface area contributed by atoms with Crippen molar-refractivity contribution in [2.24, 2.45) is 0 Å². The van der Waals surface area contributed by atoms with Crippen LogP contribution >= 0.6 is 0 Å². The molecule has 0 fully saturated rings. The summed E-state index contributed by atoms with van der Waals surface area (Å²) in [6.07, 6.45) is 2.78. The van der Waals surface area contributed by atoms with Crippen LogP contribution in [0.15, 0.2) is 72.3 Å². The van der Waals surface area contributed by atoms with E-state index in [2.05, 4.69) is 24.3 Å². The molecule has 0 amide bonds. The second kappa shape index (κ2) is 4.71. The molecule has 0 unspecified atom stereocenters. The molecule has 1 nitrogen and oxygen atoms in total. The van der Waals surface area contributed by atoms with Crippen molar-refractivity contribution in [1.29, 1.82) is 0 Å². The van der Waals surface area contributed by atoms with Crippen molar-refractivity contribution in [1.82, 2.24) is 0 Å². The molecule has 21 heavy (non-hydrogen) atoms. The highest BCUT2D eigenvalue weighted by Crippen LogP contribution is 2.29. The van der Waals surface area contributed by atoms with E-state index < -0.39 is 0 Å². The number of fused-ring (bicyclic) bond motifs is 2. The number of Topliss-reactive ketones (excluding diaryl/α,β-unsaturated/α-hetero) is 1.